The average molecular weight is 236 g/mol. The van der Waals surface area contributed by atoms with Crippen LogP contribution in [0.4, 0.5) is 0 Å². The van der Waals surface area contributed by atoms with E-state index in [0.29, 0.717) is 15.8 Å². The van der Waals surface area contributed by atoms with E-state index in [2.05, 4.69) is 39.8 Å². The van der Waals surface area contributed by atoms with Crippen molar-refractivity contribution >= 4 is 23.9 Å². The van der Waals surface area contributed by atoms with Gasteiger partial charge in [0.15, 0.2) is 0 Å². The van der Waals surface area contributed by atoms with Gasteiger partial charge in [0.05, 0.1) is 0 Å². The molecule has 0 aromatic carbocycles. The maximum atomic E-state index is 2.57. The maximum Gasteiger partial charge on any atom is 0.0480 e. The highest BCUT2D eigenvalue weighted by Gasteiger charge is 2.20. The summed E-state index contributed by atoms with van der Waals surface area (Å²) in [5.74, 6) is 0. The molecule has 0 bridgehead atoms. The largest absolute Gasteiger partial charge is 0.113 e. The Morgan fingerprint density at radius 3 is 1.31 bits per heavy atom. The van der Waals surface area contributed by atoms with Gasteiger partial charge in [0.25, 0.3) is 0 Å². The number of rotatable bonds is 6. The van der Waals surface area contributed by atoms with E-state index in [9.17, 15) is 0 Å². The molecule has 0 saturated heterocycles. The van der Waals surface area contributed by atoms with Crippen molar-refractivity contribution in [2.75, 3.05) is 39.0 Å². The summed E-state index contributed by atoms with van der Waals surface area (Å²) < 4.78 is 0. The molecule has 0 heterocycles. The number of hydrogen-bond acceptors (Lipinski definition) is 0. The summed E-state index contributed by atoms with van der Waals surface area (Å²) in [5.41, 5.74) is 0. The van der Waals surface area contributed by atoms with Gasteiger partial charge in [-0.15, -0.1) is 15.8 Å². The fraction of sp³-hybridized carbons (Fsp3) is 1.00. The molecular formula is C10H26P2Si. The van der Waals surface area contributed by atoms with Crippen LogP contribution in [-0.2, 0) is 0 Å². The van der Waals surface area contributed by atoms with Crippen molar-refractivity contribution in [3.05, 3.63) is 0 Å². The normalized spacial score (nSPS) is 12.9. The summed E-state index contributed by atoms with van der Waals surface area (Å²) >= 11 is 0. The van der Waals surface area contributed by atoms with Crippen LogP contribution in [0.3, 0.4) is 0 Å². The lowest BCUT2D eigenvalue weighted by Gasteiger charge is -2.24. The molecule has 0 saturated carbocycles. The predicted octanol–water partition coefficient (Wildman–Crippen LogP) is 4.18. The Bertz CT molecular complexity index is 119. The van der Waals surface area contributed by atoms with Crippen LogP contribution in [0.25, 0.3) is 0 Å². The smallest absolute Gasteiger partial charge is 0.0480 e. The summed E-state index contributed by atoms with van der Waals surface area (Å²) in [6, 6.07) is 3.13. The van der Waals surface area contributed by atoms with E-state index in [-0.39, 0.29) is 0 Å². The minimum atomic E-state index is -0.796. The van der Waals surface area contributed by atoms with E-state index in [1.807, 2.05) is 0 Å². The standard InChI is InChI=1S/C10H26P2Si/c1-11(2)7-9-13(5,6)10-8-12(3)4/h7-10H2,1-6H3. The molecule has 0 aliphatic carbocycles. The molecule has 0 aliphatic rings. The van der Waals surface area contributed by atoms with E-state index in [1.54, 1.807) is 12.1 Å². The predicted molar refractivity (Wildman–Crippen MR) is 74.4 cm³/mol. The van der Waals surface area contributed by atoms with Crippen LogP contribution in [0.5, 0.6) is 0 Å². The second-order valence-electron chi connectivity index (χ2n) is 5.27. The van der Waals surface area contributed by atoms with Crippen LogP contribution in [-0.4, -0.2) is 47.1 Å². The van der Waals surface area contributed by atoms with Crippen LogP contribution in [0.2, 0.25) is 25.2 Å². The lowest BCUT2D eigenvalue weighted by molar-refractivity contribution is 1.26. The molecule has 0 N–H and O–H groups in total. The zero-order chi connectivity index (χ0) is 10.5. The van der Waals surface area contributed by atoms with Gasteiger partial charge in [-0.3, -0.25) is 0 Å². The fourth-order valence-corrected chi connectivity index (χ4v) is 9.85. The molecule has 0 atom stereocenters. The van der Waals surface area contributed by atoms with E-state index >= 15 is 0 Å². The van der Waals surface area contributed by atoms with Crippen molar-refractivity contribution in [3.8, 4) is 0 Å². The zero-order valence-electron chi connectivity index (χ0n) is 10.2. The maximum absolute atomic E-state index is 2.57. The molecule has 0 aromatic rings. The first-order chi connectivity index (χ1) is 5.83. The Labute approximate surface area is 88.4 Å². The Morgan fingerprint density at radius 1 is 0.769 bits per heavy atom. The molecule has 0 fully saturated rings. The van der Waals surface area contributed by atoms with Gasteiger partial charge in [0, 0.05) is 8.07 Å². The monoisotopic (exact) mass is 236 g/mol. The highest BCUT2D eigenvalue weighted by atomic mass is 31.1. The Morgan fingerprint density at radius 2 is 1.08 bits per heavy atom. The van der Waals surface area contributed by atoms with Crippen molar-refractivity contribution in [2.45, 2.75) is 25.2 Å². The topological polar surface area (TPSA) is 0 Å². The van der Waals surface area contributed by atoms with E-state index in [4.69, 9.17) is 0 Å². The Kier molecular flexibility index (Phi) is 7.08. The first kappa shape index (κ1) is 14.1. The summed E-state index contributed by atoms with van der Waals surface area (Å²) in [6.07, 6.45) is 3.03. The van der Waals surface area contributed by atoms with E-state index in [1.165, 1.54) is 12.3 Å². The van der Waals surface area contributed by atoms with Crippen molar-refractivity contribution in [2.24, 2.45) is 0 Å². The molecule has 13 heavy (non-hydrogen) atoms. The first-order valence-electron chi connectivity index (χ1n) is 5.13. The molecule has 3 heteroatoms. The van der Waals surface area contributed by atoms with E-state index < -0.39 is 8.07 Å². The van der Waals surface area contributed by atoms with Crippen LogP contribution >= 0.6 is 15.8 Å². The number of hydrogen-bond donors (Lipinski definition) is 0. The van der Waals surface area contributed by atoms with Gasteiger partial charge in [-0.05, 0) is 39.0 Å². The summed E-state index contributed by atoms with van der Waals surface area (Å²) in [6.45, 7) is 14.8. The van der Waals surface area contributed by atoms with Crippen LogP contribution < -0.4 is 0 Å². The Hall–Kier alpha value is 1.08. The molecule has 0 nitrogen and oxygen atoms in total. The summed E-state index contributed by atoms with van der Waals surface area (Å²) in [4.78, 5) is 0. The highest BCUT2D eigenvalue weighted by molar-refractivity contribution is 7.56. The van der Waals surface area contributed by atoms with Gasteiger partial charge in [-0.25, -0.2) is 0 Å². The molecule has 0 aliphatic heterocycles. The molecular weight excluding hydrogens is 210 g/mol. The molecule has 0 amide bonds. The van der Waals surface area contributed by atoms with Crippen LogP contribution in [0.1, 0.15) is 0 Å². The van der Waals surface area contributed by atoms with Crippen molar-refractivity contribution in [1.82, 2.24) is 0 Å². The molecule has 0 rings (SSSR count). The lowest BCUT2D eigenvalue weighted by atomic mass is 10.9. The van der Waals surface area contributed by atoms with Gasteiger partial charge in [0.2, 0.25) is 0 Å². The summed E-state index contributed by atoms with van der Waals surface area (Å²) in [5, 5.41) is 0. The van der Waals surface area contributed by atoms with Crippen molar-refractivity contribution in [1.29, 1.82) is 0 Å². The minimum Gasteiger partial charge on any atom is -0.113 e. The van der Waals surface area contributed by atoms with Gasteiger partial charge in [0.1, 0.15) is 0 Å². The van der Waals surface area contributed by atoms with E-state index in [0.717, 1.165) is 0 Å². The van der Waals surface area contributed by atoms with Crippen LogP contribution in [0.15, 0.2) is 0 Å². The third-order valence-corrected chi connectivity index (χ3v) is 8.76. The SMILES string of the molecule is CP(C)CC[Si](C)(C)CCP(C)C. The molecule has 0 aromatic heterocycles. The quantitative estimate of drug-likeness (QED) is 0.479. The second kappa shape index (κ2) is 6.54. The van der Waals surface area contributed by atoms with Gasteiger partial charge >= 0.3 is 0 Å². The third kappa shape index (κ3) is 9.38. The van der Waals surface area contributed by atoms with Gasteiger partial charge < -0.3 is 0 Å². The Balaban J connectivity index is 3.66. The average Bonchev–Trinajstić information content (AvgIpc) is 1.98. The second-order valence-corrected chi connectivity index (χ2v) is 15.8. The van der Waals surface area contributed by atoms with Crippen molar-refractivity contribution < 1.29 is 0 Å². The molecule has 0 radical (unpaired) electrons. The van der Waals surface area contributed by atoms with Crippen molar-refractivity contribution in [3.63, 3.8) is 0 Å². The summed E-state index contributed by atoms with van der Waals surface area (Å²) in [7, 11) is -0.0982. The first-order valence-corrected chi connectivity index (χ1v) is 13.4. The highest BCUT2D eigenvalue weighted by Crippen LogP contribution is 2.33. The van der Waals surface area contributed by atoms with Gasteiger partial charge in [-0.2, -0.15) is 0 Å². The van der Waals surface area contributed by atoms with Crippen LogP contribution in [0, 0.1) is 0 Å². The lowest BCUT2D eigenvalue weighted by Crippen LogP contribution is -2.26. The third-order valence-electron chi connectivity index (χ3n) is 2.47. The van der Waals surface area contributed by atoms with Gasteiger partial charge in [-0.1, -0.05) is 25.2 Å². The zero-order valence-corrected chi connectivity index (χ0v) is 13.0. The minimum absolute atomic E-state index is 0.349. The molecule has 0 unspecified atom stereocenters. The fourth-order valence-electron chi connectivity index (χ4n) is 1.18. The molecule has 0 spiro atoms. The molecule has 80 valence electrons.